The summed E-state index contributed by atoms with van der Waals surface area (Å²) in [7, 11) is 0. The molecule has 0 spiro atoms. The van der Waals surface area contributed by atoms with Gasteiger partial charge in [0.1, 0.15) is 6.54 Å². The van der Waals surface area contributed by atoms with Crippen LogP contribution in [0.3, 0.4) is 0 Å². The summed E-state index contributed by atoms with van der Waals surface area (Å²) in [6.45, 7) is 3.92. The molecule has 0 fully saturated rings. The van der Waals surface area contributed by atoms with Crippen LogP contribution in [0.25, 0.3) is 10.8 Å². The molecule has 2 nitrogen and oxygen atoms in total. The van der Waals surface area contributed by atoms with E-state index >= 15 is 0 Å². The van der Waals surface area contributed by atoms with E-state index in [0.29, 0.717) is 10.3 Å². The molecule has 2 aromatic carbocycles. The Morgan fingerprint density at radius 1 is 0.828 bits per heavy atom. The van der Waals surface area contributed by atoms with Crippen molar-refractivity contribution < 1.29 is 21.5 Å². The van der Waals surface area contributed by atoms with E-state index in [1.54, 1.807) is 0 Å². The lowest BCUT2D eigenvalue weighted by molar-refractivity contribution is -0.685. The Morgan fingerprint density at radius 3 is 2.21 bits per heavy atom. The number of hydrogen-bond donors (Lipinski definition) is 0. The summed E-state index contributed by atoms with van der Waals surface area (Å²) in [5.41, 5.74) is 1.23. The first-order valence-electron chi connectivity index (χ1n) is 10.6. The zero-order chi connectivity index (χ0) is 19.8. The molecule has 0 unspecified atom stereocenters. The number of fused-ring (bicyclic) bond motifs is 1. The molecule has 0 bridgehead atoms. The Kier molecular flexibility index (Phi) is 10.5. The van der Waals surface area contributed by atoms with E-state index in [1.165, 1.54) is 61.3 Å². The van der Waals surface area contributed by atoms with Crippen LogP contribution >= 0.6 is 23.2 Å². The van der Waals surface area contributed by atoms with Gasteiger partial charge in [0.25, 0.3) is 10.3 Å². The summed E-state index contributed by atoms with van der Waals surface area (Å²) < 4.78 is 4.13. The van der Waals surface area contributed by atoms with E-state index in [2.05, 4.69) is 60.3 Å². The topological polar surface area (TPSA) is 8.81 Å². The van der Waals surface area contributed by atoms with Gasteiger partial charge < -0.3 is 17.0 Å². The molecule has 158 valence electrons. The van der Waals surface area contributed by atoms with Crippen molar-refractivity contribution >= 4 is 34.0 Å². The normalized spacial score (nSPS) is 11.0. The predicted molar refractivity (Wildman–Crippen MR) is 120 cm³/mol. The average molecular weight is 498 g/mol. The molecule has 0 saturated heterocycles. The third-order valence-corrected chi connectivity index (χ3v) is 6.26. The van der Waals surface area contributed by atoms with Gasteiger partial charge in [0.05, 0.1) is 6.54 Å². The minimum Gasteiger partial charge on any atom is -1.00 e. The standard InChI is InChI=1S/C24H31Cl2N2.BrH/c1-2-3-4-5-6-7-8-11-16-27-19-28(24(26)23(27)25)18-20-14-15-21-12-9-10-13-22(21)17-20;/h9-10,12-15,17,19H,2-8,11,16,18H2,1H3;1H/q+1;/p-1. The van der Waals surface area contributed by atoms with Crippen LogP contribution in [0.4, 0.5) is 0 Å². The van der Waals surface area contributed by atoms with Crippen molar-refractivity contribution in [1.29, 1.82) is 0 Å². The maximum Gasteiger partial charge on any atom is 0.255 e. The zero-order valence-corrected chi connectivity index (χ0v) is 20.3. The first-order chi connectivity index (χ1) is 13.7. The number of rotatable bonds is 11. The number of hydrogen-bond acceptors (Lipinski definition) is 0. The first-order valence-corrected chi connectivity index (χ1v) is 11.4. The molecule has 0 aliphatic rings. The van der Waals surface area contributed by atoms with Crippen LogP contribution in [0.5, 0.6) is 0 Å². The van der Waals surface area contributed by atoms with E-state index in [0.717, 1.165) is 19.5 Å². The van der Waals surface area contributed by atoms with Gasteiger partial charge in [-0.25, -0.2) is 9.13 Å². The van der Waals surface area contributed by atoms with Gasteiger partial charge in [-0.05, 0) is 58.4 Å². The predicted octanol–water partition coefficient (Wildman–Crippen LogP) is 4.43. The maximum absolute atomic E-state index is 6.50. The number of benzene rings is 2. The van der Waals surface area contributed by atoms with Crippen LogP contribution in [-0.2, 0) is 13.1 Å². The van der Waals surface area contributed by atoms with Crippen LogP contribution in [0.1, 0.15) is 63.9 Å². The number of halogens is 3. The molecule has 0 atom stereocenters. The number of nitrogens with zero attached hydrogens (tertiary/aromatic N) is 2. The molecular weight excluding hydrogens is 467 g/mol. The van der Waals surface area contributed by atoms with Gasteiger partial charge >= 0.3 is 0 Å². The monoisotopic (exact) mass is 496 g/mol. The number of aromatic nitrogens is 2. The van der Waals surface area contributed by atoms with Gasteiger partial charge in [-0.1, -0.05) is 81.8 Å². The van der Waals surface area contributed by atoms with Crippen molar-refractivity contribution in [3.8, 4) is 0 Å². The quantitative estimate of drug-likeness (QED) is 0.273. The molecule has 0 aliphatic heterocycles. The molecule has 0 aliphatic carbocycles. The van der Waals surface area contributed by atoms with Gasteiger partial charge in [-0.2, -0.15) is 0 Å². The summed E-state index contributed by atoms with van der Waals surface area (Å²) in [4.78, 5) is 0. The summed E-state index contributed by atoms with van der Waals surface area (Å²) in [5, 5.41) is 3.77. The molecule has 0 radical (unpaired) electrons. The molecule has 1 heterocycles. The molecule has 0 saturated carbocycles. The molecule has 0 amide bonds. The Morgan fingerprint density at radius 2 is 1.48 bits per heavy atom. The van der Waals surface area contributed by atoms with Crippen LogP contribution < -0.4 is 21.5 Å². The highest BCUT2D eigenvalue weighted by Crippen LogP contribution is 2.21. The third kappa shape index (κ3) is 7.01. The van der Waals surface area contributed by atoms with Crippen molar-refractivity contribution in [2.45, 2.75) is 71.4 Å². The summed E-state index contributed by atoms with van der Waals surface area (Å²) in [6.07, 6.45) is 12.6. The van der Waals surface area contributed by atoms with Gasteiger partial charge in [0.15, 0.2) is 0 Å². The molecule has 29 heavy (non-hydrogen) atoms. The van der Waals surface area contributed by atoms with Crippen LogP contribution in [0.15, 0.2) is 48.8 Å². The maximum atomic E-state index is 6.50. The zero-order valence-electron chi connectivity index (χ0n) is 17.2. The lowest BCUT2D eigenvalue weighted by Gasteiger charge is -2.02. The minimum atomic E-state index is 0. The van der Waals surface area contributed by atoms with Crippen LogP contribution in [0.2, 0.25) is 10.3 Å². The molecule has 5 heteroatoms. The largest absolute Gasteiger partial charge is 1.00 e. The second kappa shape index (κ2) is 12.6. The van der Waals surface area contributed by atoms with Crippen LogP contribution in [0, 0.1) is 0 Å². The van der Waals surface area contributed by atoms with Gasteiger partial charge in [0, 0.05) is 0 Å². The Balaban J connectivity index is 0.00000300. The van der Waals surface area contributed by atoms with E-state index < -0.39 is 0 Å². The Hall–Kier alpha value is -1.03. The highest BCUT2D eigenvalue weighted by molar-refractivity contribution is 6.39. The van der Waals surface area contributed by atoms with Gasteiger partial charge in [0.2, 0.25) is 6.33 Å². The van der Waals surface area contributed by atoms with E-state index in [4.69, 9.17) is 23.2 Å². The Labute approximate surface area is 195 Å². The third-order valence-electron chi connectivity index (χ3n) is 5.37. The molecule has 3 rings (SSSR count). The van der Waals surface area contributed by atoms with E-state index in [-0.39, 0.29) is 17.0 Å². The molecular formula is C24H31BrCl2N2. The smallest absolute Gasteiger partial charge is 0.255 e. The highest BCUT2D eigenvalue weighted by Gasteiger charge is 2.20. The van der Waals surface area contributed by atoms with E-state index in [9.17, 15) is 0 Å². The van der Waals surface area contributed by atoms with Gasteiger partial charge in [-0.15, -0.1) is 0 Å². The number of aryl methyl sites for hydroxylation is 1. The fraction of sp³-hybridized carbons (Fsp3) is 0.458. The van der Waals surface area contributed by atoms with Gasteiger partial charge in [-0.3, -0.25) is 0 Å². The van der Waals surface area contributed by atoms with Crippen molar-refractivity contribution in [3.05, 3.63) is 64.7 Å². The SMILES string of the molecule is CCCCCCCCCCn1c[n+](Cc2ccc3ccccc3c2)c(Cl)c1Cl.[Br-]. The number of imidazole rings is 1. The first kappa shape index (κ1) is 24.2. The lowest BCUT2D eigenvalue weighted by atomic mass is 10.1. The molecule has 1 aromatic heterocycles. The van der Waals surface area contributed by atoms with Crippen molar-refractivity contribution in [3.63, 3.8) is 0 Å². The minimum absolute atomic E-state index is 0. The fourth-order valence-corrected chi connectivity index (χ4v) is 4.17. The van der Waals surface area contributed by atoms with Crippen LogP contribution in [-0.4, -0.2) is 4.57 Å². The van der Waals surface area contributed by atoms with Crippen molar-refractivity contribution in [1.82, 2.24) is 4.57 Å². The lowest BCUT2D eigenvalue weighted by Crippen LogP contribution is -3.00. The summed E-state index contributed by atoms with van der Waals surface area (Å²) >= 11 is 13.0. The number of unbranched alkanes of at least 4 members (excludes halogenated alkanes) is 7. The fourth-order valence-electron chi connectivity index (χ4n) is 3.72. The van der Waals surface area contributed by atoms with Crippen molar-refractivity contribution in [2.75, 3.05) is 0 Å². The Bertz CT molecular complexity index is 892. The van der Waals surface area contributed by atoms with E-state index in [1.807, 2.05) is 4.57 Å². The average Bonchev–Trinajstić information content (AvgIpc) is 2.98. The second-order valence-electron chi connectivity index (χ2n) is 7.67. The van der Waals surface area contributed by atoms with Crippen molar-refractivity contribution in [2.24, 2.45) is 0 Å². The second-order valence-corrected chi connectivity index (χ2v) is 8.39. The molecule has 3 aromatic rings. The molecule has 0 N–H and O–H groups in total. The summed E-state index contributed by atoms with van der Waals surface area (Å²) in [5.74, 6) is 0. The highest BCUT2D eigenvalue weighted by atomic mass is 79.9. The summed E-state index contributed by atoms with van der Waals surface area (Å²) in [6, 6.07) is 15.0.